The maximum absolute atomic E-state index is 12.0. The second kappa shape index (κ2) is 20.9. The van der Waals surface area contributed by atoms with Crippen LogP contribution in [0.5, 0.6) is 0 Å². The Bertz CT molecular complexity index is 679. The zero-order chi connectivity index (χ0) is 25.6. The minimum absolute atomic E-state index is 0.0529. The fourth-order valence-electron chi connectivity index (χ4n) is 4.14. The molecule has 4 N–H and O–H groups in total. The Morgan fingerprint density at radius 1 is 0.829 bits per heavy atom. The van der Waals surface area contributed by atoms with Gasteiger partial charge in [0.2, 0.25) is 11.8 Å². The van der Waals surface area contributed by atoms with Crippen molar-refractivity contribution in [2.75, 3.05) is 6.54 Å². The predicted molar refractivity (Wildman–Crippen MR) is 139 cm³/mol. The van der Waals surface area contributed by atoms with E-state index < -0.39 is 17.9 Å². The molecule has 1 aromatic rings. The number of carbonyl (C=O) groups is 3. The van der Waals surface area contributed by atoms with Crippen LogP contribution >= 0.6 is 0 Å². The van der Waals surface area contributed by atoms with Crippen LogP contribution < -0.4 is 10.6 Å². The normalized spacial score (nSPS) is 11.8. The second-order valence-electron chi connectivity index (χ2n) is 9.54. The van der Waals surface area contributed by atoms with Gasteiger partial charge < -0.3 is 20.7 Å². The van der Waals surface area contributed by atoms with Gasteiger partial charge in [-0.25, -0.2) is 9.78 Å². The molecule has 1 atom stereocenters. The van der Waals surface area contributed by atoms with Gasteiger partial charge in [0.25, 0.3) is 0 Å². The molecule has 0 bridgehead atoms. The summed E-state index contributed by atoms with van der Waals surface area (Å²) < 4.78 is 0. The molecule has 0 aliphatic heterocycles. The standard InChI is InChI=1S/C27H48N4O4/c1-2-3-4-5-6-7-8-9-10-11-12-13-14-15-16-17-25(32)29-19-18-26(33)31-24(27(34)35)20-23-21-28-22-30-23/h21-22,24H,2-20H2,1H3,(H,28,30)(H,29,32)(H,31,33)(H,34,35). The van der Waals surface area contributed by atoms with Gasteiger partial charge in [0.05, 0.1) is 6.33 Å². The fourth-order valence-corrected chi connectivity index (χ4v) is 4.14. The minimum Gasteiger partial charge on any atom is -0.480 e. The van der Waals surface area contributed by atoms with Crippen LogP contribution in [0.15, 0.2) is 12.5 Å². The molecule has 8 heteroatoms. The summed E-state index contributed by atoms with van der Waals surface area (Å²) in [5, 5.41) is 14.5. The zero-order valence-corrected chi connectivity index (χ0v) is 21.8. The van der Waals surface area contributed by atoms with Crippen LogP contribution in [0.2, 0.25) is 0 Å². The van der Waals surface area contributed by atoms with Crippen molar-refractivity contribution in [3.05, 3.63) is 18.2 Å². The number of carbonyl (C=O) groups excluding carboxylic acids is 2. The van der Waals surface area contributed by atoms with Gasteiger partial charge in [-0.1, -0.05) is 96.8 Å². The van der Waals surface area contributed by atoms with Crippen LogP contribution in [0.25, 0.3) is 0 Å². The number of carboxylic acid groups (broad SMARTS) is 1. The van der Waals surface area contributed by atoms with E-state index in [-0.39, 0.29) is 25.3 Å². The number of carboxylic acids is 1. The van der Waals surface area contributed by atoms with Crippen LogP contribution in [0.4, 0.5) is 0 Å². The summed E-state index contributed by atoms with van der Waals surface area (Å²) in [6.07, 6.45) is 23.0. The first-order chi connectivity index (χ1) is 17.0. The molecule has 0 aliphatic rings. The Kier molecular flexibility index (Phi) is 18.3. The SMILES string of the molecule is CCCCCCCCCCCCCCCCCC(=O)NCCC(=O)NC(Cc1cnc[nH]1)C(=O)O. The Hall–Kier alpha value is -2.38. The van der Waals surface area contributed by atoms with Gasteiger partial charge in [0, 0.05) is 37.7 Å². The van der Waals surface area contributed by atoms with E-state index in [9.17, 15) is 19.5 Å². The Labute approximate surface area is 211 Å². The first kappa shape index (κ1) is 30.7. The summed E-state index contributed by atoms with van der Waals surface area (Å²) in [6, 6.07) is -1.03. The third-order valence-electron chi connectivity index (χ3n) is 6.29. The highest BCUT2D eigenvalue weighted by Gasteiger charge is 2.20. The topological polar surface area (TPSA) is 124 Å². The van der Waals surface area contributed by atoms with Gasteiger partial charge in [-0.2, -0.15) is 0 Å². The molecular weight excluding hydrogens is 444 g/mol. The van der Waals surface area contributed by atoms with Crippen LogP contribution in [-0.2, 0) is 20.8 Å². The van der Waals surface area contributed by atoms with Crippen LogP contribution in [0.1, 0.15) is 122 Å². The predicted octanol–water partition coefficient (Wildman–Crippen LogP) is 5.29. The molecule has 1 unspecified atom stereocenters. The van der Waals surface area contributed by atoms with Gasteiger partial charge in [-0.05, 0) is 6.42 Å². The molecule has 0 aliphatic carbocycles. The Morgan fingerprint density at radius 2 is 1.37 bits per heavy atom. The first-order valence-corrected chi connectivity index (χ1v) is 13.8. The number of nitrogens with zero attached hydrogens (tertiary/aromatic N) is 1. The van der Waals surface area contributed by atoms with Crippen molar-refractivity contribution in [1.29, 1.82) is 0 Å². The van der Waals surface area contributed by atoms with E-state index in [4.69, 9.17) is 0 Å². The molecule has 2 amide bonds. The van der Waals surface area contributed by atoms with Gasteiger partial charge in [0.1, 0.15) is 6.04 Å². The maximum Gasteiger partial charge on any atom is 0.326 e. The lowest BCUT2D eigenvalue weighted by molar-refractivity contribution is -0.141. The lowest BCUT2D eigenvalue weighted by atomic mass is 10.0. The Balaban J connectivity index is 1.91. The van der Waals surface area contributed by atoms with Crippen molar-refractivity contribution in [3.63, 3.8) is 0 Å². The monoisotopic (exact) mass is 492 g/mol. The maximum atomic E-state index is 12.0. The van der Waals surface area contributed by atoms with Crippen LogP contribution in [0.3, 0.4) is 0 Å². The van der Waals surface area contributed by atoms with E-state index in [0.29, 0.717) is 12.1 Å². The Morgan fingerprint density at radius 3 is 1.86 bits per heavy atom. The average molecular weight is 493 g/mol. The number of unbranched alkanes of at least 4 members (excludes halogenated alkanes) is 14. The number of amides is 2. The summed E-state index contributed by atoms with van der Waals surface area (Å²) in [5.74, 6) is -1.56. The number of aliphatic carboxylic acids is 1. The smallest absolute Gasteiger partial charge is 0.326 e. The summed E-state index contributed by atoms with van der Waals surface area (Å²) >= 11 is 0. The van der Waals surface area contributed by atoms with Crippen molar-refractivity contribution < 1.29 is 19.5 Å². The molecule has 0 radical (unpaired) electrons. The number of hydrogen-bond acceptors (Lipinski definition) is 4. The summed E-state index contributed by atoms with van der Waals surface area (Å²) in [6.45, 7) is 2.47. The van der Waals surface area contributed by atoms with Gasteiger partial charge in [-0.3, -0.25) is 9.59 Å². The van der Waals surface area contributed by atoms with Crippen molar-refractivity contribution in [2.24, 2.45) is 0 Å². The molecule has 0 aromatic carbocycles. The number of imidazole rings is 1. The molecule has 8 nitrogen and oxygen atoms in total. The third kappa shape index (κ3) is 17.7. The first-order valence-electron chi connectivity index (χ1n) is 13.8. The molecule has 1 aromatic heterocycles. The number of aromatic nitrogens is 2. The summed E-state index contributed by atoms with van der Waals surface area (Å²) in [5.41, 5.74) is 0.634. The van der Waals surface area contributed by atoms with E-state index in [1.807, 2.05) is 0 Å². The molecule has 0 fully saturated rings. The van der Waals surface area contributed by atoms with E-state index in [1.54, 1.807) is 0 Å². The van der Waals surface area contributed by atoms with Gasteiger partial charge in [-0.15, -0.1) is 0 Å². The highest BCUT2D eigenvalue weighted by molar-refractivity contribution is 5.84. The molecule has 0 spiro atoms. The molecule has 0 saturated heterocycles. The van der Waals surface area contributed by atoms with E-state index >= 15 is 0 Å². The van der Waals surface area contributed by atoms with Crippen molar-refractivity contribution >= 4 is 17.8 Å². The number of aromatic amines is 1. The fraction of sp³-hybridized carbons (Fsp3) is 0.778. The molecule has 1 heterocycles. The largest absolute Gasteiger partial charge is 0.480 e. The highest BCUT2D eigenvalue weighted by Crippen LogP contribution is 2.13. The van der Waals surface area contributed by atoms with Crippen LogP contribution in [0, 0.1) is 0 Å². The third-order valence-corrected chi connectivity index (χ3v) is 6.29. The van der Waals surface area contributed by atoms with Gasteiger partial charge >= 0.3 is 5.97 Å². The van der Waals surface area contributed by atoms with E-state index in [2.05, 4.69) is 27.5 Å². The second-order valence-corrected chi connectivity index (χ2v) is 9.54. The molecule has 35 heavy (non-hydrogen) atoms. The van der Waals surface area contributed by atoms with Crippen molar-refractivity contribution in [2.45, 2.75) is 129 Å². The summed E-state index contributed by atoms with van der Waals surface area (Å²) in [7, 11) is 0. The lowest BCUT2D eigenvalue weighted by Gasteiger charge is -2.13. The van der Waals surface area contributed by atoms with Crippen LogP contribution in [-0.4, -0.2) is 45.4 Å². The molecular formula is C27H48N4O4. The number of rotatable bonds is 23. The number of H-pyrrole nitrogens is 1. The molecule has 200 valence electrons. The van der Waals surface area contributed by atoms with E-state index in [0.717, 1.165) is 12.8 Å². The summed E-state index contributed by atoms with van der Waals surface area (Å²) in [4.78, 5) is 42.0. The molecule has 1 rings (SSSR count). The number of hydrogen-bond donors (Lipinski definition) is 4. The average Bonchev–Trinajstić information content (AvgIpc) is 3.34. The lowest BCUT2D eigenvalue weighted by Crippen LogP contribution is -2.43. The van der Waals surface area contributed by atoms with Gasteiger partial charge in [0.15, 0.2) is 0 Å². The molecule has 0 saturated carbocycles. The highest BCUT2D eigenvalue weighted by atomic mass is 16.4. The van der Waals surface area contributed by atoms with Crippen molar-refractivity contribution in [3.8, 4) is 0 Å². The minimum atomic E-state index is -1.11. The quantitative estimate of drug-likeness (QED) is 0.155. The number of nitrogens with one attached hydrogen (secondary N) is 3. The van der Waals surface area contributed by atoms with Crippen molar-refractivity contribution in [1.82, 2.24) is 20.6 Å². The van der Waals surface area contributed by atoms with E-state index in [1.165, 1.54) is 96.0 Å². The zero-order valence-electron chi connectivity index (χ0n) is 21.8.